The van der Waals surface area contributed by atoms with Gasteiger partial charge in [-0.2, -0.15) is 0 Å². The second kappa shape index (κ2) is 7.35. The lowest BCUT2D eigenvalue weighted by Crippen LogP contribution is -2.45. The van der Waals surface area contributed by atoms with Crippen molar-refractivity contribution in [1.29, 1.82) is 0 Å². The predicted octanol–water partition coefficient (Wildman–Crippen LogP) is 2.12. The molecule has 0 aliphatic carbocycles. The van der Waals surface area contributed by atoms with Crippen LogP contribution in [-0.2, 0) is 21.3 Å². The van der Waals surface area contributed by atoms with E-state index in [1.165, 1.54) is 17.4 Å². The molecule has 0 N–H and O–H groups in total. The van der Waals surface area contributed by atoms with Gasteiger partial charge in [0.1, 0.15) is 0 Å². The molecule has 0 saturated carbocycles. The number of methoxy groups -OCH3 is 1. The lowest BCUT2D eigenvalue weighted by Gasteiger charge is -2.42. The molecule has 25 heavy (non-hydrogen) atoms. The number of rotatable bonds is 5. The highest BCUT2D eigenvalue weighted by molar-refractivity contribution is 7.88. The summed E-state index contributed by atoms with van der Waals surface area (Å²) in [4.78, 5) is 2.50. The van der Waals surface area contributed by atoms with Gasteiger partial charge in [0.05, 0.1) is 12.9 Å². The van der Waals surface area contributed by atoms with Gasteiger partial charge in [-0.25, -0.2) is 12.7 Å². The summed E-state index contributed by atoms with van der Waals surface area (Å²) in [6.07, 6.45) is 3.40. The van der Waals surface area contributed by atoms with Crippen LogP contribution in [0.15, 0.2) is 24.3 Å². The van der Waals surface area contributed by atoms with Gasteiger partial charge < -0.3 is 4.74 Å². The number of aryl methyl sites for hydroxylation is 1. The van der Waals surface area contributed by atoms with Crippen molar-refractivity contribution < 1.29 is 13.2 Å². The molecule has 1 atom stereocenters. The van der Waals surface area contributed by atoms with E-state index in [1.807, 2.05) is 0 Å². The first-order chi connectivity index (χ1) is 11.8. The predicted molar refractivity (Wildman–Crippen MR) is 99.9 cm³/mol. The fourth-order valence-corrected chi connectivity index (χ4v) is 5.36. The third-order valence-corrected chi connectivity index (χ3v) is 7.34. The van der Waals surface area contributed by atoms with Gasteiger partial charge >= 0.3 is 0 Å². The first-order valence-electron chi connectivity index (χ1n) is 9.05. The molecule has 2 heterocycles. The van der Waals surface area contributed by atoms with E-state index in [-0.39, 0.29) is 5.41 Å². The summed E-state index contributed by atoms with van der Waals surface area (Å²) in [6.45, 7) is 7.08. The molecule has 5 nitrogen and oxygen atoms in total. The number of hydrogen-bond donors (Lipinski definition) is 0. The van der Waals surface area contributed by atoms with Crippen LogP contribution in [0.5, 0.6) is 0 Å². The molecular weight excluding hydrogens is 336 g/mol. The Hall–Kier alpha value is -0.950. The standard InChI is InChI=1S/C19H30N2O3S/c1-16-6-4-5-7-17(16)12-20-10-8-19(9-11-20)15-21(25(3,22)23)13-18(19)14-24-2/h4-7,18H,8-15H2,1-3H3. The monoisotopic (exact) mass is 366 g/mol. The molecule has 1 unspecified atom stereocenters. The summed E-state index contributed by atoms with van der Waals surface area (Å²) in [6, 6.07) is 8.55. The van der Waals surface area contributed by atoms with E-state index in [9.17, 15) is 8.42 Å². The van der Waals surface area contributed by atoms with Crippen molar-refractivity contribution in [3.8, 4) is 0 Å². The maximum atomic E-state index is 12.0. The molecule has 1 spiro atoms. The minimum absolute atomic E-state index is 0.0708. The molecule has 0 aromatic heterocycles. The number of nitrogens with zero attached hydrogens (tertiary/aromatic N) is 2. The maximum absolute atomic E-state index is 12.0. The summed E-state index contributed by atoms with van der Waals surface area (Å²) < 4.78 is 31.1. The van der Waals surface area contributed by atoms with Crippen LogP contribution in [-0.4, -0.2) is 63.8 Å². The zero-order chi connectivity index (χ0) is 18.1. The fourth-order valence-electron chi connectivity index (χ4n) is 4.42. The molecule has 6 heteroatoms. The number of hydrogen-bond acceptors (Lipinski definition) is 4. The molecule has 0 amide bonds. The lowest BCUT2D eigenvalue weighted by molar-refractivity contribution is 0.0357. The Labute approximate surface area is 152 Å². The van der Waals surface area contributed by atoms with Crippen LogP contribution >= 0.6 is 0 Å². The lowest BCUT2D eigenvalue weighted by atomic mass is 9.71. The molecule has 3 rings (SSSR count). The average molecular weight is 367 g/mol. The van der Waals surface area contributed by atoms with Gasteiger partial charge in [0.2, 0.25) is 10.0 Å². The van der Waals surface area contributed by atoms with Crippen LogP contribution in [0.4, 0.5) is 0 Å². The van der Waals surface area contributed by atoms with Crippen molar-refractivity contribution in [1.82, 2.24) is 9.21 Å². The highest BCUT2D eigenvalue weighted by Gasteiger charge is 2.49. The van der Waals surface area contributed by atoms with Gasteiger partial charge in [-0.05, 0) is 49.4 Å². The van der Waals surface area contributed by atoms with E-state index in [0.717, 1.165) is 32.5 Å². The molecule has 2 aliphatic rings. The Morgan fingerprint density at radius 1 is 1.24 bits per heavy atom. The van der Waals surface area contributed by atoms with Crippen LogP contribution in [0, 0.1) is 18.3 Å². The molecule has 2 fully saturated rings. The van der Waals surface area contributed by atoms with Crippen molar-refractivity contribution in [2.45, 2.75) is 26.3 Å². The molecule has 2 saturated heterocycles. The van der Waals surface area contributed by atoms with Gasteiger partial charge in [-0.3, -0.25) is 4.90 Å². The van der Waals surface area contributed by atoms with Gasteiger partial charge in [0.15, 0.2) is 0 Å². The van der Waals surface area contributed by atoms with Gasteiger partial charge in [-0.1, -0.05) is 24.3 Å². The molecule has 1 aromatic rings. The zero-order valence-electron chi connectivity index (χ0n) is 15.6. The van der Waals surface area contributed by atoms with Crippen LogP contribution in [0.1, 0.15) is 24.0 Å². The van der Waals surface area contributed by atoms with E-state index in [2.05, 4.69) is 36.1 Å². The molecule has 0 radical (unpaired) electrons. The first-order valence-corrected chi connectivity index (χ1v) is 10.9. The second-order valence-electron chi connectivity index (χ2n) is 7.77. The van der Waals surface area contributed by atoms with Crippen molar-refractivity contribution in [3.05, 3.63) is 35.4 Å². The Morgan fingerprint density at radius 2 is 1.92 bits per heavy atom. The summed E-state index contributed by atoms with van der Waals surface area (Å²) in [5.74, 6) is 0.299. The molecule has 2 aliphatic heterocycles. The number of benzene rings is 1. The van der Waals surface area contributed by atoms with Crippen molar-refractivity contribution >= 4 is 10.0 Å². The molecular formula is C19H30N2O3S. The summed E-state index contributed by atoms with van der Waals surface area (Å²) in [5, 5.41) is 0. The van der Waals surface area contributed by atoms with E-state index in [0.29, 0.717) is 25.6 Å². The maximum Gasteiger partial charge on any atom is 0.211 e. The number of sulfonamides is 1. The smallest absolute Gasteiger partial charge is 0.211 e. The second-order valence-corrected chi connectivity index (χ2v) is 9.76. The van der Waals surface area contributed by atoms with Crippen molar-refractivity contribution in [2.24, 2.45) is 11.3 Å². The minimum Gasteiger partial charge on any atom is -0.384 e. The largest absolute Gasteiger partial charge is 0.384 e. The fraction of sp³-hybridized carbons (Fsp3) is 0.684. The quantitative estimate of drug-likeness (QED) is 0.801. The number of piperidine rings is 1. The molecule has 1 aromatic carbocycles. The normalized spacial score (nSPS) is 24.8. The van der Waals surface area contributed by atoms with Crippen LogP contribution < -0.4 is 0 Å². The number of ether oxygens (including phenoxy) is 1. The summed E-state index contributed by atoms with van der Waals surface area (Å²) in [7, 11) is -1.42. The van der Waals surface area contributed by atoms with E-state index < -0.39 is 10.0 Å². The van der Waals surface area contributed by atoms with E-state index in [1.54, 1.807) is 11.4 Å². The average Bonchev–Trinajstić information content (AvgIpc) is 2.91. The minimum atomic E-state index is -3.13. The van der Waals surface area contributed by atoms with Crippen LogP contribution in [0.3, 0.4) is 0 Å². The summed E-state index contributed by atoms with van der Waals surface area (Å²) in [5.41, 5.74) is 2.79. The highest BCUT2D eigenvalue weighted by Crippen LogP contribution is 2.45. The first kappa shape index (κ1) is 18.8. The van der Waals surface area contributed by atoms with Crippen molar-refractivity contribution in [2.75, 3.05) is 46.2 Å². The number of likely N-dealkylation sites (tertiary alicyclic amines) is 1. The van der Waals surface area contributed by atoms with Crippen LogP contribution in [0.25, 0.3) is 0 Å². The van der Waals surface area contributed by atoms with Gasteiger partial charge in [0, 0.05) is 32.7 Å². The zero-order valence-corrected chi connectivity index (χ0v) is 16.4. The van der Waals surface area contributed by atoms with E-state index >= 15 is 0 Å². The van der Waals surface area contributed by atoms with Crippen LogP contribution in [0.2, 0.25) is 0 Å². The SMILES string of the molecule is COCC1CN(S(C)(=O)=O)CC12CCN(Cc1ccccc1C)CC2. The summed E-state index contributed by atoms with van der Waals surface area (Å²) >= 11 is 0. The topological polar surface area (TPSA) is 49.9 Å². The molecule has 140 valence electrons. The third-order valence-electron chi connectivity index (χ3n) is 6.13. The third kappa shape index (κ3) is 4.08. The Balaban J connectivity index is 1.67. The molecule has 0 bridgehead atoms. The Morgan fingerprint density at radius 3 is 2.52 bits per heavy atom. The highest BCUT2D eigenvalue weighted by atomic mass is 32.2. The Bertz CT molecular complexity index is 696. The van der Waals surface area contributed by atoms with Crippen molar-refractivity contribution in [3.63, 3.8) is 0 Å². The van der Waals surface area contributed by atoms with Gasteiger partial charge in [0.25, 0.3) is 0 Å². The Kier molecular flexibility index (Phi) is 5.54. The van der Waals surface area contributed by atoms with Gasteiger partial charge in [-0.15, -0.1) is 0 Å². The van der Waals surface area contributed by atoms with E-state index in [4.69, 9.17) is 4.74 Å².